The summed E-state index contributed by atoms with van der Waals surface area (Å²) >= 11 is 11.6. The van der Waals surface area contributed by atoms with E-state index in [9.17, 15) is 0 Å². The fourth-order valence-electron chi connectivity index (χ4n) is 1.61. The lowest BCUT2D eigenvalue weighted by Gasteiger charge is -2.34. The van der Waals surface area contributed by atoms with Crippen molar-refractivity contribution in [1.29, 1.82) is 0 Å². The van der Waals surface area contributed by atoms with Crippen LogP contribution in [-0.2, 0) is 4.74 Å². The van der Waals surface area contributed by atoms with Gasteiger partial charge in [-0.15, -0.1) is 10.2 Å². The normalized spacial score (nSPS) is 19.4. The van der Waals surface area contributed by atoms with Crippen molar-refractivity contribution in [3.8, 4) is 0 Å². The van der Waals surface area contributed by atoms with E-state index in [1.807, 2.05) is 0 Å². The number of hydrogen-bond donors (Lipinski definition) is 1. The maximum atomic E-state index is 5.89. The van der Waals surface area contributed by atoms with E-state index in [0.717, 1.165) is 26.1 Å². The number of nitrogens with one attached hydrogen (secondary N) is 1. The number of aromatic nitrogens is 3. The lowest BCUT2D eigenvalue weighted by Crippen LogP contribution is -2.41. The molecule has 0 radical (unpaired) electrons. The summed E-state index contributed by atoms with van der Waals surface area (Å²) in [6.45, 7) is 3.56. The highest BCUT2D eigenvalue weighted by molar-refractivity contribution is 6.32. The quantitative estimate of drug-likeness (QED) is 0.885. The standard InChI is InChI=1S/C9H12Cl2N4O/c1-9(2-4-16-5-3-9)13-7-6(10)14-15-8(11)12-7/h2-5H2,1H3,(H,12,13,15). The van der Waals surface area contributed by atoms with Crippen molar-refractivity contribution in [3.63, 3.8) is 0 Å². The molecule has 2 rings (SSSR count). The first-order valence-electron chi connectivity index (χ1n) is 5.01. The topological polar surface area (TPSA) is 59.9 Å². The van der Waals surface area contributed by atoms with E-state index in [4.69, 9.17) is 27.9 Å². The number of nitrogens with zero attached hydrogens (tertiary/aromatic N) is 3. The number of halogens is 2. The molecule has 0 aliphatic carbocycles. The summed E-state index contributed by atoms with van der Waals surface area (Å²) < 4.78 is 5.31. The van der Waals surface area contributed by atoms with Crippen molar-refractivity contribution < 1.29 is 4.74 Å². The molecule has 1 aliphatic heterocycles. The van der Waals surface area contributed by atoms with Gasteiger partial charge in [0.15, 0.2) is 11.0 Å². The molecule has 2 heterocycles. The molecule has 0 unspecified atom stereocenters. The molecule has 0 atom stereocenters. The van der Waals surface area contributed by atoms with Crippen molar-refractivity contribution in [1.82, 2.24) is 15.2 Å². The van der Waals surface area contributed by atoms with Crippen LogP contribution in [0.3, 0.4) is 0 Å². The van der Waals surface area contributed by atoms with Gasteiger partial charge in [-0.05, 0) is 31.4 Å². The summed E-state index contributed by atoms with van der Waals surface area (Å²) in [7, 11) is 0. The second kappa shape index (κ2) is 4.69. The second-order valence-electron chi connectivity index (χ2n) is 4.02. The molecule has 0 amide bonds. The molecule has 7 heteroatoms. The van der Waals surface area contributed by atoms with Crippen molar-refractivity contribution in [2.24, 2.45) is 0 Å². The van der Waals surface area contributed by atoms with Gasteiger partial charge in [0, 0.05) is 18.8 Å². The summed E-state index contributed by atoms with van der Waals surface area (Å²) in [4.78, 5) is 4.02. The molecule has 88 valence electrons. The Hall–Kier alpha value is -0.650. The van der Waals surface area contributed by atoms with E-state index < -0.39 is 0 Å². The Morgan fingerprint density at radius 3 is 2.62 bits per heavy atom. The van der Waals surface area contributed by atoms with Crippen molar-refractivity contribution in [2.45, 2.75) is 25.3 Å². The van der Waals surface area contributed by atoms with Gasteiger partial charge in [0.1, 0.15) is 0 Å². The zero-order chi connectivity index (χ0) is 11.6. The minimum Gasteiger partial charge on any atom is -0.381 e. The van der Waals surface area contributed by atoms with Gasteiger partial charge >= 0.3 is 0 Å². The maximum absolute atomic E-state index is 5.89. The molecule has 1 aliphatic rings. The summed E-state index contributed by atoms with van der Waals surface area (Å²) in [5.41, 5.74) is -0.0821. The Balaban J connectivity index is 2.15. The van der Waals surface area contributed by atoms with E-state index in [0.29, 0.717) is 5.82 Å². The largest absolute Gasteiger partial charge is 0.381 e. The molecule has 0 saturated carbocycles. The summed E-state index contributed by atoms with van der Waals surface area (Å²) in [6, 6.07) is 0. The van der Waals surface area contributed by atoms with Gasteiger partial charge in [-0.25, -0.2) is 0 Å². The van der Waals surface area contributed by atoms with E-state index in [1.54, 1.807) is 0 Å². The van der Waals surface area contributed by atoms with Gasteiger partial charge in [0.25, 0.3) is 0 Å². The van der Waals surface area contributed by atoms with Crippen LogP contribution in [0.5, 0.6) is 0 Å². The van der Waals surface area contributed by atoms with Crippen LogP contribution in [0.15, 0.2) is 0 Å². The number of anilines is 1. The van der Waals surface area contributed by atoms with Crippen LogP contribution in [0.2, 0.25) is 10.4 Å². The molecule has 5 nitrogen and oxygen atoms in total. The predicted octanol–water partition coefficient (Wildman–Crippen LogP) is 2.16. The molecule has 16 heavy (non-hydrogen) atoms. The first-order valence-corrected chi connectivity index (χ1v) is 5.76. The van der Waals surface area contributed by atoms with Gasteiger partial charge < -0.3 is 10.1 Å². The first-order chi connectivity index (χ1) is 7.59. The average Bonchev–Trinajstić information content (AvgIpc) is 2.24. The Labute approximate surface area is 104 Å². The van der Waals surface area contributed by atoms with E-state index in [1.165, 1.54) is 0 Å². The van der Waals surface area contributed by atoms with Gasteiger partial charge in [-0.3, -0.25) is 0 Å². The Bertz CT molecular complexity index is 382. The highest BCUT2D eigenvalue weighted by Crippen LogP contribution is 2.27. The second-order valence-corrected chi connectivity index (χ2v) is 4.71. The number of rotatable bonds is 2. The Kier molecular flexibility index (Phi) is 3.47. The van der Waals surface area contributed by atoms with Crippen molar-refractivity contribution >= 4 is 29.0 Å². The monoisotopic (exact) mass is 262 g/mol. The Morgan fingerprint density at radius 2 is 1.94 bits per heavy atom. The minimum absolute atomic E-state index is 0.0821. The average molecular weight is 263 g/mol. The fourth-order valence-corrected chi connectivity index (χ4v) is 1.86. The molecule has 1 aromatic rings. The van der Waals surface area contributed by atoms with Crippen molar-refractivity contribution in [3.05, 3.63) is 10.4 Å². The smallest absolute Gasteiger partial charge is 0.245 e. The summed E-state index contributed by atoms with van der Waals surface area (Å²) in [5, 5.41) is 10.8. The third-order valence-corrected chi connectivity index (χ3v) is 3.05. The zero-order valence-electron chi connectivity index (χ0n) is 8.83. The van der Waals surface area contributed by atoms with Gasteiger partial charge in [0.2, 0.25) is 5.28 Å². The van der Waals surface area contributed by atoms with Crippen LogP contribution in [0.25, 0.3) is 0 Å². The minimum atomic E-state index is -0.0821. The highest BCUT2D eigenvalue weighted by Gasteiger charge is 2.28. The van der Waals surface area contributed by atoms with E-state index in [2.05, 4.69) is 27.4 Å². The molecule has 1 saturated heterocycles. The third kappa shape index (κ3) is 2.72. The highest BCUT2D eigenvalue weighted by atomic mass is 35.5. The number of ether oxygens (including phenoxy) is 1. The molecule has 1 aromatic heterocycles. The van der Waals surface area contributed by atoms with Crippen molar-refractivity contribution in [2.75, 3.05) is 18.5 Å². The van der Waals surface area contributed by atoms with Crippen LogP contribution in [-0.4, -0.2) is 33.9 Å². The maximum Gasteiger partial charge on any atom is 0.245 e. The van der Waals surface area contributed by atoms with Gasteiger partial charge in [-0.2, -0.15) is 4.98 Å². The Morgan fingerprint density at radius 1 is 1.25 bits per heavy atom. The summed E-state index contributed by atoms with van der Waals surface area (Å²) in [6.07, 6.45) is 1.79. The van der Waals surface area contributed by atoms with Crippen LogP contribution >= 0.6 is 23.2 Å². The van der Waals surface area contributed by atoms with E-state index >= 15 is 0 Å². The predicted molar refractivity (Wildman–Crippen MR) is 61.9 cm³/mol. The molecule has 1 fully saturated rings. The van der Waals surface area contributed by atoms with Crippen LogP contribution in [0, 0.1) is 0 Å². The zero-order valence-corrected chi connectivity index (χ0v) is 10.3. The van der Waals surface area contributed by atoms with Crippen LogP contribution < -0.4 is 5.32 Å². The van der Waals surface area contributed by atoms with Crippen LogP contribution in [0.1, 0.15) is 19.8 Å². The lowest BCUT2D eigenvalue weighted by atomic mass is 9.93. The molecular formula is C9H12Cl2N4O. The lowest BCUT2D eigenvalue weighted by molar-refractivity contribution is 0.0657. The van der Waals surface area contributed by atoms with E-state index in [-0.39, 0.29) is 16.0 Å². The fraction of sp³-hybridized carbons (Fsp3) is 0.667. The first kappa shape index (κ1) is 11.8. The number of hydrogen-bond acceptors (Lipinski definition) is 5. The SMILES string of the molecule is CC1(Nc2nc(Cl)nnc2Cl)CCOCC1. The third-order valence-electron chi connectivity index (χ3n) is 2.64. The van der Waals surface area contributed by atoms with Gasteiger partial charge in [0.05, 0.1) is 0 Å². The molecule has 1 N–H and O–H groups in total. The van der Waals surface area contributed by atoms with Crippen LogP contribution in [0.4, 0.5) is 5.82 Å². The molecular weight excluding hydrogens is 251 g/mol. The molecule has 0 bridgehead atoms. The molecule has 0 spiro atoms. The summed E-state index contributed by atoms with van der Waals surface area (Å²) in [5.74, 6) is 0.478. The van der Waals surface area contributed by atoms with Gasteiger partial charge in [-0.1, -0.05) is 11.6 Å². The molecule has 0 aromatic carbocycles.